The Balaban J connectivity index is 2.63. The molecule has 0 aliphatic rings. The van der Waals surface area contributed by atoms with Crippen molar-refractivity contribution in [1.29, 1.82) is 0 Å². The molecule has 76 valence electrons. The van der Waals surface area contributed by atoms with Gasteiger partial charge in [0.15, 0.2) is 0 Å². The van der Waals surface area contributed by atoms with Crippen LogP contribution in [0.5, 0.6) is 0 Å². The fraction of sp³-hybridized carbons (Fsp3) is 0.0909. The summed E-state index contributed by atoms with van der Waals surface area (Å²) in [6.07, 6.45) is 1.51. The molecule has 0 aliphatic carbocycles. The van der Waals surface area contributed by atoms with Gasteiger partial charge >= 0.3 is 5.69 Å². The molecule has 4 heteroatoms. The molecular weight excluding hydrogens is 256 g/mol. The number of nitrogens with zero attached hydrogens (tertiary/aromatic N) is 1. The van der Waals surface area contributed by atoms with Crippen LogP contribution in [0.4, 0.5) is 0 Å². The predicted molar refractivity (Wildman–Crippen MR) is 62.7 cm³/mol. The third-order valence-corrected chi connectivity index (χ3v) is 2.66. The second kappa shape index (κ2) is 3.98. The number of aromatic nitrogens is 2. The Labute approximate surface area is 95.3 Å². The fourth-order valence-electron chi connectivity index (χ4n) is 1.41. The van der Waals surface area contributed by atoms with E-state index >= 15 is 0 Å². The number of aryl methyl sites for hydroxylation is 1. The van der Waals surface area contributed by atoms with Crippen molar-refractivity contribution in [3.63, 3.8) is 0 Å². The van der Waals surface area contributed by atoms with Crippen LogP contribution < -0.4 is 5.69 Å². The van der Waals surface area contributed by atoms with E-state index in [2.05, 4.69) is 25.9 Å². The monoisotopic (exact) mass is 264 g/mol. The molecule has 2 rings (SSSR count). The van der Waals surface area contributed by atoms with E-state index in [1.54, 1.807) is 6.07 Å². The molecule has 1 heterocycles. The van der Waals surface area contributed by atoms with Crippen LogP contribution >= 0.6 is 15.9 Å². The van der Waals surface area contributed by atoms with Crippen molar-refractivity contribution in [3.8, 4) is 11.3 Å². The summed E-state index contributed by atoms with van der Waals surface area (Å²) in [5, 5.41) is 0. The molecule has 0 atom stereocenters. The van der Waals surface area contributed by atoms with Gasteiger partial charge in [0.05, 0.1) is 5.69 Å². The number of aromatic amines is 1. The van der Waals surface area contributed by atoms with Gasteiger partial charge in [0.1, 0.15) is 0 Å². The Morgan fingerprint density at radius 1 is 1.33 bits per heavy atom. The molecule has 1 aromatic heterocycles. The van der Waals surface area contributed by atoms with Crippen molar-refractivity contribution in [2.24, 2.45) is 0 Å². The van der Waals surface area contributed by atoms with Crippen LogP contribution in [0.25, 0.3) is 11.3 Å². The van der Waals surface area contributed by atoms with Gasteiger partial charge < -0.3 is 4.98 Å². The number of hydrogen-bond acceptors (Lipinski definition) is 2. The summed E-state index contributed by atoms with van der Waals surface area (Å²) in [5.41, 5.74) is 2.57. The standard InChI is InChI=1S/C11H9BrN2O/c1-7-2-3-8(12)6-9(7)10-4-5-13-11(15)14-10/h2-6H,1H3,(H,13,14,15). The molecule has 0 spiro atoms. The summed E-state index contributed by atoms with van der Waals surface area (Å²) in [6.45, 7) is 2.00. The van der Waals surface area contributed by atoms with Crippen molar-refractivity contribution in [1.82, 2.24) is 9.97 Å². The topological polar surface area (TPSA) is 45.8 Å². The van der Waals surface area contributed by atoms with Crippen molar-refractivity contribution < 1.29 is 0 Å². The molecule has 3 nitrogen and oxygen atoms in total. The Morgan fingerprint density at radius 3 is 2.87 bits per heavy atom. The average molecular weight is 265 g/mol. The van der Waals surface area contributed by atoms with E-state index in [1.807, 2.05) is 25.1 Å². The summed E-state index contributed by atoms with van der Waals surface area (Å²) in [5.74, 6) is 0. The zero-order valence-corrected chi connectivity index (χ0v) is 9.71. The van der Waals surface area contributed by atoms with E-state index in [9.17, 15) is 4.79 Å². The van der Waals surface area contributed by atoms with Crippen LogP contribution in [0.3, 0.4) is 0 Å². The molecule has 15 heavy (non-hydrogen) atoms. The highest BCUT2D eigenvalue weighted by molar-refractivity contribution is 9.10. The average Bonchev–Trinajstić information content (AvgIpc) is 2.22. The second-order valence-electron chi connectivity index (χ2n) is 3.25. The maximum atomic E-state index is 11.1. The molecule has 0 radical (unpaired) electrons. The van der Waals surface area contributed by atoms with Crippen molar-refractivity contribution >= 4 is 15.9 Å². The Kier molecular flexibility index (Phi) is 2.68. The van der Waals surface area contributed by atoms with Crippen LogP contribution in [0, 0.1) is 6.92 Å². The van der Waals surface area contributed by atoms with Gasteiger partial charge in [-0.1, -0.05) is 22.0 Å². The Morgan fingerprint density at radius 2 is 2.13 bits per heavy atom. The van der Waals surface area contributed by atoms with Crippen LogP contribution in [-0.4, -0.2) is 9.97 Å². The maximum absolute atomic E-state index is 11.1. The minimum atomic E-state index is -0.327. The van der Waals surface area contributed by atoms with E-state index in [1.165, 1.54) is 6.20 Å². The largest absolute Gasteiger partial charge is 0.345 e. The highest BCUT2D eigenvalue weighted by atomic mass is 79.9. The van der Waals surface area contributed by atoms with Crippen LogP contribution in [-0.2, 0) is 0 Å². The zero-order valence-electron chi connectivity index (χ0n) is 8.12. The summed E-state index contributed by atoms with van der Waals surface area (Å²) >= 11 is 3.40. The molecule has 1 aromatic carbocycles. The van der Waals surface area contributed by atoms with Crippen LogP contribution in [0.15, 0.2) is 39.7 Å². The van der Waals surface area contributed by atoms with E-state index in [0.29, 0.717) is 0 Å². The smallest absolute Gasteiger partial charge is 0.305 e. The molecule has 0 aliphatic heterocycles. The highest BCUT2D eigenvalue weighted by Gasteiger charge is 2.03. The Hall–Kier alpha value is -1.42. The van der Waals surface area contributed by atoms with Crippen molar-refractivity contribution in [2.75, 3.05) is 0 Å². The summed E-state index contributed by atoms with van der Waals surface area (Å²) in [6, 6.07) is 7.73. The van der Waals surface area contributed by atoms with Crippen molar-refractivity contribution in [2.45, 2.75) is 6.92 Å². The normalized spacial score (nSPS) is 10.3. The van der Waals surface area contributed by atoms with Gasteiger partial charge in [-0.15, -0.1) is 0 Å². The maximum Gasteiger partial charge on any atom is 0.345 e. The number of halogens is 1. The third kappa shape index (κ3) is 2.15. The molecule has 0 saturated heterocycles. The van der Waals surface area contributed by atoms with Gasteiger partial charge in [-0.05, 0) is 30.7 Å². The summed E-state index contributed by atoms with van der Waals surface area (Å²) in [4.78, 5) is 17.4. The number of hydrogen-bond donors (Lipinski definition) is 1. The van der Waals surface area contributed by atoms with Gasteiger partial charge in [-0.2, -0.15) is 0 Å². The molecule has 0 fully saturated rings. The SMILES string of the molecule is Cc1ccc(Br)cc1-c1ccnc(=O)[nH]1. The van der Waals surface area contributed by atoms with Crippen molar-refractivity contribution in [3.05, 3.63) is 51.0 Å². The van der Waals surface area contributed by atoms with E-state index < -0.39 is 0 Å². The number of rotatable bonds is 1. The molecule has 0 saturated carbocycles. The lowest BCUT2D eigenvalue weighted by molar-refractivity contribution is 1.08. The molecular formula is C11H9BrN2O. The first-order valence-corrected chi connectivity index (χ1v) is 5.28. The quantitative estimate of drug-likeness (QED) is 0.861. The number of H-pyrrole nitrogens is 1. The van der Waals surface area contributed by atoms with Crippen LogP contribution in [0.2, 0.25) is 0 Å². The lowest BCUT2D eigenvalue weighted by atomic mass is 10.1. The lowest BCUT2D eigenvalue weighted by Gasteiger charge is -2.05. The van der Waals surface area contributed by atoms with E-state index in [0.717, 1.165) is 21.3 Å². The fourth-order valence-corrected chi connectivity index (χ4v) is 1.77. The first-order chi connectivity index (χ1) is 7.16. The van der Waals surface area contributed by atoms with E-state index in [4.69, 9.17) is 0 Å². The molecule has 2 aromatic rings. The van der Waals surface area contributed by atoms with E-state index in [-0.39, 0.29) is 5.69 Å². The van der Waals surface area contributed by atoms with Crippen LogP contribution in [0.1, 0.15) is 5.56 Å². The van der Waals surface area contributed by atoms with Gasteiger partial charge in [-0.3, -0.25) is 0 Å². The molecule has 1 N–H and O–H groups in total. The zero-order chi connectivity index (χ0) is 10.8. The highest BCUT2D eigenvalue weighted by Crippen LogP contribution is 2.24. The summed E-state index contributed by atoms with van der Waals surface area (Å²) < 4.78 is 0.987. The summed E-state index contributed by atoms with van der Waals surface area (Å²) in [7, 11) is 0. The number of nitrogens with one attached hydrogen (secondary N) is 1. The third-order valence-electron chi connectivity index (χ3n) is 2.16. The Bertz CT molecular complexity index is 548. The lowest BCUT2D eigenvalue weighted by Crippen LogP contribution is -2.09. The van der Waals surface area contributed by atoms with Gasteiger partial charge in [-0.25, -0.2) is 9.78 Å². The number of benzene rings is 1. The predicted octanol–water partition coefficient (Wildman–Crippen LogP) is 2.51. The molecule has 0 bridgehead atoms. The minimum absolute atomic E-state index is 0.327. The van der Waals surface area contributed by atoms with Gasteiger partial charge in [0.2, 0.25) is 0 Å². The first kappa shape index (κ1) is 10.1. The molecule has 0 amide bonds. The first-order valence-electron chi connectivity index (χ1n) is 4.48. The van der Waals surface area contributed by atoms with Gasteiger partial charge in [0.25, 0.3) is 0 Å². The minimum Gasteiger partial charge on any atom is -0.305 e. The second-order valence-corrected chi connectivity index (χ2v) is 4.16. The van der Waals surface area contributed by atoms with Gasteiger partial charge in [0, 0.05) is 16.2 Å². The molecule has 0 unspecified atom stereocenters.